The molecule has 0 radical (unpaired) electrons. The van der Waals surface area contributed by atoms with E-state index in [0.29, 0.717) is 33.4 Å². The van der Waals surface area contributed by atoms with Crippen molar-refractivity contribution in [3.05, 3.63) is 39.8 Å². The molecule has 7 nitrogen and oxygen atoms in total. The maximum absolute atomic E-state index is 12.0. The van der Waals surface area contributed by atoms with Gasteiger partial charge in [-0.2, -0.15) is 5.10 Å². The average Bonchev–Trinajstić information content (AvgIpc) is 2.59. The number of aromatic amines is 1. The first kappa shape index (κ1) is 17.7. The van der Waals surface area contributed by atoms with E-state index in [2.05, 4.69) is 10.2 Å². The summed E-state index contributed by atoms with van der Waals surface area (Å²) in [5.74, 6) is 1.22. The van der Waals surface area contributed by atoms with Gasteiger partial charge in [-0.3, -0.25) is 9.00 Å². The Labute approximate surface area is 141 Å². The standard InChI is InChI=1S/C16H18N2O5S/c1-21-12-9-10(5-6-11-7-8-13(19)18-17-11)14(22-2)15(23-3)16(12)24(4)20/h5-9H,1-4H3,(H,18,19). The van der Waals surface area contributed by atoms with Crippen LogP contribution in [0.3, 0.4) is 0 Å². The number of hydrogen-bond acceptors (Lipinski definition) is 6. The number of aromatic nitrogens is 2. The zero-order chi connectivity index (χ0) is 17.7. The number of methoxy groups -OCH3 is 3. The van der Waals surface area contributed by atoms with Gasteiger partial charge in [0, 0.05) is 17.9 Å². The van der Waals surface area contributed by atoms with E-state index < -0.39 is 10.8 Å². The van der Waals surface area contributed by atoms with Gasteiger partial charge >= 0.3 is 0 Å². The van der Waals surface area contributed by atoms with Crippen LogP contribution in [0.2, 0.25) is 0 Å². The number of H-pyrrole nitrogens is 1. The number of rotatable bonds is 6. The molecule has 0 aliphatic carbocycles. The molecule has 0 aliphatic heterocycles. The maximum atomic E-state index is 12.0. The Morgan fingerprint density at radius 3 is 2.29 bits per heavy atom. The summed E-state index contributed by atoms with van der Waals surface area (Å²) < 4.78 is 28.2. The quantitative estimate of drug-likeness (QED) is 0.853. The van der Waals surface area contributed by atoms with E-state index in [9.17, 15) is 9.00 Å². The number of benzene rings is 1. The summed E-state index contributed by atoms with van der Waals surface area (Å²) in [5.41, 5.74) is 0.953. The average molecular weight is 350 g/mol. The molecule has 1 atom stereocenters. The molecule has 1 heterocycles. The van der Waals surface area contributed by atoms with Gasteiger partial charge in [-0.1, -0.05) is 0 Å². The van der Waals surface area contributed by atoms with Crippen molar-refractivity contribution in [2.75, 3.05) is 27.6 Å². The normalized spacial score (nSPS) is 12.2. The molecule has 1 aromatic carbocycles. The van der Waals surface area contributed by atoms with Crippen LogP contribution in [0, 0.1) is 0 Å². The lowest BCUT2D eigenvalue weighted by Gasteiger charge is -2.17. The predicted octanol–water partition coefficient (Wildman–Crippen LogP) is 1.70. The fraction of sp³-hybridized carbons (Fsp3) is 0.250. The van der Waals surface area contributed by atoms with E-state index in [0.717, 1.165) is 0 Å². The summed E-state index contributed by atoms with van der Waals surface area (Å²) in [6, 6.07) is 4.68. The molecule has 8 heteroatoms. The molecule has 0 saturated carbocycles. The summed E-state index contributed by atoms with van der Waals surface area (Å²) in [6.45, 7) is 0. The van der Waals surface area contributed by atoms with Crippen molar-refractivity contribution in [1.82, 2.24) is 10.2 Å². The van der Waals surface area contributed by atoms with Crippen molar-refractivity contribution in [3.8, 4) is 17.2 Å². The van der Waals surface area contributed by atoms with Crippen LogP contribution >= 0.6 is 0 Å². The van der Waals surface area contributed by atoms with Gasteiger partial charge in [-0.05, 0) is 24.3 Å². The second-order valence-corrected chi connectivity index (χ2v) is 6.01. The van der Waals surface area contributed by atoms with Gasteiger partial charge in [0.1, 0.15) is 10.6 Å². The van der Waals surface area contributed by atoms with Crippen LogP contribution in [0.4, 0.5) is 0 Å². The van der Waals surface area contributed by atoms with Crippen molar-refractivity contribution in [1.29, 1.82) is 0 Å². The van der Waals surface area contributed by atoms with E-state index in [-0.39, 0.29) is 5.56 Å². The highest BCUT2D eigenvalue weighted by Gasteiger charge is 2.22. The Morgan fingerprint density at radius 1 is 1.08 bits per heavy atom. The molecular weight excluding hydrogens is 332 g/mol. The molecule has 2 rings (SSSR count). The molecule has 0 spiro atoms. The highest BCUT2D eigenvalue weighted by Crippen LogP contribution is 2.43. The van der Waals surface area contributed by atoms with Gasteiger partial charge in [0.05, 0.1) is 37.8 Å². The first-order chi connectivity index (χ1) is 11.5. The lowest BCUT2D eigenvalue weighted by molar-refractivity contribution is 0.336. The van der Waals surface area contributed by atoms with Crippen LogP contribution in [-0.2, 0) is 10.8 Å². The van der Waals surface area contributed by atoms with Gasteiger partial charge < -0.3 is 14.2 Å². The minimum atomic E-state index is -1.32. The largest absolute Gasteiger partial charge is 0.495 e. The van der Waals surface area contributed by atoms with Crippen LogP contribution in [0.1, 0.15) is 11.3 Å². The molecule has 1 N–H and O–H groups in total. The fourth-order valence-electron chi connectivity index (χ4n) is 2.19. The van der Waals surface area contributed by atoms with Crippen molar-refractivity contribution in [2.45, 2.75) is 4.90 Å². The maximum Gasteiger partial charge on any atom is 0.264 e. The van der Waals surface area contributed by atoms with Gasteiger partial charge in [-0.15, -0.1) is 0 Å². The first-order valence-corrected chi connectivity index (χ1v) is 8.47. The van der Waals surface area contributed by atoms with Gasteiger partial charge in [0.15, 0.2) is 11.5 Å². The van der Waals surface area contributed by atoms with E-state index in [1.54, 1.807) is 30.5 Å². The lowest BCUT2D eigenvalue weighted by atomic mass is 10.1. The number of hydrogen-bond donors (Lipinski definition) is 1. The highest BCUT2D eigenvalue weighted by molar-refractivity contribution is 7.84. The van der Waals surface area contributed by atoms with Crippen molar-refractivity contribution < 1.29 is 18.4 Å². The van der Waals surface area contributed by atoms with E-state index in [4.69, 9.17) is 14.2 Å². The van der Waals surface area contributed by atoms with Crippen molar-refractivity contribution >= 4 is 23.0 Å². The Balaban J connectivity index is 2.58. The van der Waals surface area contributed by atoms with Crippen LogP contribution in [0.15, 0.2) is 27.9 Å². The van der Waals surface area contributed by atoms with E-state index in [1.807, 2.05) is 0 Å². The SMILES string of the molecule is COc1cc(C=Cc2ccc(=O)[nH]n2)c(OC)c(OC)c1S(C)=O. The number of nitrogens with zero attached hydrogens (tertiary/aromatic N) is 1. The molecule has 0 bridgehead atoms. The zero-order valence-corrected chi connectivity index (χ0v) is 14.6. The Morgan fingerprint density at radius 2 is 1.79 bits per heavy atom. The van der Waals surface area contributed by atoms with Gasteiger partial charge in [0.2, 0.25) is 0 Å². The Kier molecular flexibility index (Phi) is 5.75. The second-order valence-electron chi connectivity index (χ2n) is 4.70. The predicted molar refractivity (Wildman–Crippen MR) is 92.2 cm³/mol. The Bertz CT molecular complexity index is 825. The summed E-state index contributed by atoms with van der Waals surface area (Å²) in [7, 11) is 3.15. The van der Waals surface area contributed by atoms with Crippen molar-refractivity contribution in [3.63, 3.8) is 0 Å². The molecular formula is C16H18N2O5S. The molecule has 24 heavy (non-hydrogen) atoms. The van der Waals surface area contributed by atoms with Crippen LogP contribution in [-0.4, -0.2) is 42.0 Å². The molecule has 1 aromatic heterocycles. The molecule has 128 valence electrons. The van der Waals surface area contributed by atoms with E-state index >= 15 is 0 Å². The van der Waals surface area contributed by atoms with E-state index in [1.165, 1.54) is 27.4 Å². The molecule has 2 aromatic rings. The minimum absolute atomic E-state index is 0.275. The van der Waals surface area contributed by atoms with Crippen LogP contribution in [0.25, 0.3) is 12.2 Å². The lowest BCUT2D eigenvalue weighted by Crippen LogP contribution is -2.05. The first-order valence-electron chi connectivity index (χ1n) is 6.92. The summed E-state index contributed by atoms with van der Waals surface area (Å²) in [6.07, 6.45) is 4.99. The zero-order valence-electron chi connectivity index (χ0n) is 13.8. The van der Waals surface area contributed by atoms with Crippen LogP contribution < -0.4 is 19.8 Å². The number of nitrogens with one attached hydrogen (secondary N) is 1. The number of ether oxygens (including phenoxy) is 3. The second kappa shape index (κ2) is 7.78. The summed E-state index contributed by atoms with van der Waals surface area (Å²) in [5, 5.41) is 6.26. The monoisotopic (exact) mass is 350 g/mol. The van der Waals surface area contributed by atoms with Gasteiger partial charge in [-0.25, -0.2) is 5.10 Å². The molecule has 0 saturated heterocycles. The Hall–Kier alpha value is -2.61. The molecule has 0 amide bonds. The smallest absolute Gasteiger partial charge is 0.264 e. The third-order valence-electron chi connectivity index (χ3n) is 3.23. The van der Waals surface area contributed by atoms with Crippen molar-refractivity contribution in [2.24, 2.45) is 0 Å². The molecule has 0 aliphatic rings. The fourth-order valence-corrected chi connectivity index (χ4v) is 3.05. The van der Waals surface area contributed by atoms with Crippen LogP contribution in [0.5, 0.6) is 17.2 Å². The topological polar surface area (TPSA) is 90.5 Å². The molecule has 0 fully saturated rings. The minimum Gasteiger partial charge on any atom is -0.495 e. The third kappa shape index (κ3) is 3.65. The van der Waals surface area contributed by atoms with Gasteiger partial charge in [0.25, 0.3) is 5.56 Å². The summed E-state index contributed by atoms with van der Waals surface area (Å²) in [4.78, 5) is 11.5. The third-order valence-corrected chi connectivity index (χ3v) is 4.20. The summed E-state index contributed by atoms with van der Waals surface area (Å²) >= 11 is 0. The highest BCUT2D eigenvalue weighted by atomic mass is 32.2. The molecule has 1 unspecified atom stereocenters.